The van der Waals surface area contributed by atoms with Gasteiger partial charge in [-0.15, -0.1) is 11.3 Å². The van der Waals surface area contributed by atoms with Gasteiger partial charge >= 0.3 is 0 Å². The van der Waals surface area contributed by atoms with Crippen LogP contribution in [0.1, 0.15) is 10.4 Å². The molecule has 0 saturated carbocycles. The minimum Gasteiger partial charge on any atom is -0.390 e. The highest BCUT2D eigenvalue weighted by atomic mass is 35.5. The van der Waals surface area contributed by atoms with Gasteiger partial charge in [0.05, 0.1) is 10.6 Å². The van der Waals surface area contributed by atoms with Crippen molar-refractivity contribution in [1.29, 1.82) is 0 Å². The van der Waals surface area contributed by atoms with Gasteiger partial charge < -0.3 is 11.5 Å². The molecule has 16 heavy (non-hydrogen) atoms. The SMILES string of the molecule is NC(=O)c1cc(-c2ccc(Cl)nc2)sc1N. The average molecular weight is 254 g/mol. The fourth-order valence-electron chi connectivity index (χ4n) is 1.26. The molecule has 0 atom stereocenters. The largest absolute Gasteiger partial charge is 0.390 e. The summed E-state index contributed by atoms with van der Waals surface area (Å²) in [4.78, 5) is 15.8. The Labute approximate surface area is 101 Å². The van der Waals surface area contributed by atoms with Crippen LogP contribution in [0.2, 0.25) is 5.15 Å². The van der Waals surface area contributed by atoms with Crippen LogP contribution in [-0.2, 0) is 0 Å². The van der Waals surface area contributed by atoms with Gasteiger partial charge in [-0.05, 0) is 18.2 Å². The molecule has 2 aromatic heterocycles. The number of halogens is 1. The van der Waals surface area contributed by atoms with E-state index in [1.807, 2.05) is 6.07 Å². The number of aromatic nitrogens is 1. The molecule has 1 amide bonds. The van der Waals surface area contributed by atoms with Crippen molar-refractivity contribution in [2.24, 2.45) is 5.73 Å². The van der Waals surface area contributed by atoms with Gasteiger partial charge in [0, 0.05) is 16.6 Å². The summed E-state index contributed by atoms with van der Waals surface area (Å²) >= 11 is 6.98. The number of nitrogens with zero attached hydrogens (tertiary/aromatic N) is 1. The van der Waals surface area contributed by atoms with Crippen LogP contribution in [0, 0.1) is 0 Å². The topological polar surface area (TPSA) is 82.0 Å². The summed E-state index contributed by atoms with van der Waals surface area (Å²) < 4.78 is 0. The number of hydrogen-bond donors (Lipinski definition) is 2. The minimum atomic E-state index is -0.526. The zero-order valence-corrected chi connectivity index (χ0v) is 9.68. The first kappa shape index (κ1) is 10.9. The predicted octanol–water partition coefficient (Wildman–Crippen LogP) is 2.14. The molecule has 0 bridgehead atoms. The van der Waals surface area contributed by atoms with Crippen molar-refractivity contribution in [3.8, 4) is 10.4 Å². The number of rotatable bonds is 2. The van der Waals surface area contributed by atoms with Crippen LogP contribution in [0.25, 0.3) is 10.4 Å². The highest BCUT2D eigenvalue weighted by Gasteiger charge is 2.12. The Morgan fingerprint density at radius 1 is 1.44 bits per heavy atom. The molecule has 0 radical (unpaired) electrons. The Kier molecular flexibility index (Phi) is 2.80. The van der Waals surface area contributed by atoms with E-state index >= 15 is 0 Å². The van der Waals surface area contributed by atoms with E-state index in [9.17, 15) is 4.79 Å². The van der Waals surface area contributed by atoms with Crippen LogP contribution in [0.4, 0.5) is 5.00 Å². The Morgan fingerprint density at radius 3 is 2.69 bits per heavy atom. The number of pyridine rings is 1. The molecule has 0 fully saturated rings. The summed E-state index contributed by atoms with van der Waals surface area (Å²) in [5.41, 5.74) is 12.1. The lowest BCUT2D eigenvalue weighted by Gasteiger charge is -1.95. The maximum atomic E-state index is 11.0. The van der Waals surface area contributed by atoms with Crippen molar-refractivity contribution in [3.63, 3.8) is 0 Å². The van der Waals surface area contributed by atoms with Gasteiger partial charge in [0.25, 0.3) is 5.91 Å². The van der Waals surface area contributed by atoms with E-state index in [0.717, 1.165) is 10.4 Å². The molecule has 0 unspecified atom stereocenters. The van der Waals surface area contributed by atoms with E-state index in [1.54, 1.807) is 18.3 Å². The zero-order valence-electron chi connectivity index (χ0n) is 8.11. The average Bonchev–Trinajstić information content (AvgIpc) is 2.61. The van der Waals surface area contributed by atoms with Crippen LogP contribution in [0.15, 0.2) is 24.4 Å². The summed E-state index contributed by atoms with van der Waals surface area (Å²) in [5.74, 6) is -0.526. The summed E-state index contributed by atoms with van der Waals surface area (Å²) in [7, 11) is 0. The molecule has 4 nitrogen and oxygen atoms in total. The third kappa shape index (κ3) is 2.00. The van der Waals surface area contributed by atoms with Gasteiger partial charge in [0.2, 0.25) is 0 Å². The lowest BCUT2D eigenvalue weighted by Crippen LogP contribution is -2.11. The zero-order chi connectivity index (χ0) is 11.7. The van der Waals surface area contributed by atoms with E-state index in [1.165, 1.54) is 11.3 Å². The fraction of sp³-hybridized carbons (Fsp3) is 0. The van der Waals surface area contributed by atoms with Crippen molar-refractivity contribution in [3.05, 3.63) is 35.1 Å². The van der Waals surface area contributed by atoms with Crippen LogP contribution in [0.3, 0.4) is 0 Å². The minimum absolute atomic E-state index is 0.343. The molecule has 2 aromatic rings. The number of primary amides is 1. The van der Waals surface area contributed by atoms with Crippen molar-refractivity contribution in [2.75, 3.05) is 5.73 Å². The normalized spacial score (nSPS) is 10.3. The fourth-order valence-corrected chi connectivity index (χ4v) is 2.30. The van der Waals surface area contributed by atoms with E-state index < -0.39 is 5.91 Å². The summed E-state index contributed by atoms with van der Waals surface area (Å²) in [5, 5.41) is 0.834. The number of nitrogens with two attached hydrogens (primary N) is 2. The van der Waals surface area contributed by atoms with Gasteiger partial charge in [0.15, 0.2) is 0 Å². The molecule has 0 saturated heterocycles. The third-order valence-electron chi connectivity index (χ3n) is 2.04. The monoisotopic (exact) mass is 253 g/mol. The molecule has 0 spiro atoms. The quantitative estimate of drug-likeness (QED) is 0.805. The lowest BCUT2D eigenvalue weighted by molar-refractivity contribution is 0.100. The Hall–Kier alpha value is -1.59. The van der Waals surface area contributed by atoms with Crippen molar-refractivity contribution in [2.45, 2.75) is 0 Å². The number of thiophene rings is 1. The second-order valence-corrected chi connectivity index (χ2v) is 4.59. The first-order valence-electron chi connectivity index (χ1n) is 4.39. The van der Waals surface area contributed by atoms with E-state index in [4.69, 9.17) is 23.1 Å². The second kappa shape index (κ2) is 4.11. The third-order valence-corrected chi connectivity index (χ3v) is 3.28. The molecule has 6 heteroatoms. The maximum Gasteiger partial charge on any atom is 0.251 e. The molecule has 2 rings (SSSR count). The van der Waals surface area contributed by atoms with Crippen LogP contribution >= 0.6 is 22.9 Å². The number of carbonyl (C=O) groups excluding carboxylic acids is 1. The summed E-state index contributed by atoms with van der Waals surface area (Å²) in [6.45, 7) is 0. The molecule has 0 aromatic carbocycles. The molecule has 0 aliphatic heterocycles. The van der Waals surface area contributed by atoms with Gasteiger partial charge in [0.1, 0.15) is 5.15 Å². The van der Waals surface area contributed by atoms with E-state index in [2.05, 4.69) is 4.98 Å². The summed E-state index contributed by atoms with van der Waals surface area (Å²) in [6.07, 6.45) is 1.62. The number of amides is 1. The molecule has 4 N–H and O–H groups in total. The number of nitrogen functional groups attached to an aromatic ring is 1. The predicted molar refractivity (Wildman–Crippen MR) is 65.5 cm³/mol. The van der Waals surface area contributed by atoms with Gasteiger partial charge in [-0.25, -0.2) is 4.98 Å². The van der Waals surface area contributed by atoms with Gasteiger partial charge in [-0.2, -0.15) is 0 Å². The maximum absolute atomic E-state index is 11.0. The Balaban J connectivity index is 2.45. The molecular weight excluding hydrogens is 246 g/mol. The lowest BCUT2D eigenvalue weighted by atomic mass is 10.2. The first-order valence-corrected chi connectivity index (χ1v) is 5.58. The highest BCUT2D eigenvalue weighted by molar-refractivity contribution is 7.19. The Morgan fingerprint density at radius 2 is 2.19 bits per heavy atom. The summed E-state index contributed by atoms with van der Waals surface area (Å²) in [6, 6.07) is 5.15. The highest BCUT2D eigenvalue weighted by Crippen LogP contribution is 2.33. The van der Waals surface area contributed by atoms with Crippen molar-refractivity contribution in [1.82, 2.24) is 4.98 Å². The van der Waals surface area contributed by atoms with Gasteiger partial charge in [-0.3, -0.25) is 4.79 Å². The smallest absolute Gasteiger partial charge is 0.251 e. The number of hydrogen-bond acceptors (Lipinski definition) is 4. The van der Waals surface area contributed by atoms with Crippen LogP contribution in [-0.4, -0.2) is 10.9 Å². The van der Waals surface area contributed by atoms with E-state index in [0.29, 0.717) is 15.7 Å². The van der Waals surface area contributed by atoms with E-state index in [-0.39, 0.29) is 0 Å². The number of anilines is 1. The second-order valence-electron chi connectivity index (χ2n) is 3.12. The van der Waals surface area contributed by atoms with Crippen LogP contribution < -0.4 is 11.5 Å². The molecule has 0 aliphatic rings. The molecule has 2 heterocycles. The molecule has 82 valence electrons. The van der Waals surface area contributed by atoms with Crippen molar-refractivity contribution < 1.29 is 4.79 Å². The Bertz CT molecular complexity index is 535. The first-order chi connectivity index (χ1) is 7.58. The standard InChI is InChI=1S/C10H8ClN3OS/c11-8-2-1-5(4-14-8)7-3-6(9(12)15)10(13)16-7/h1-4H,13H2,(H2,12,15). The van der Waals surface area contributed by atoms with Crippen LogP contribution in [0.5, 0.6) is 0 Å². The van der Waals surface area contributed by atoms with Gasteiger partial charge in [-0.1, -0.05) is 11.6 Å². The number of carbonyl (C=O) groups is 1. The molecular formula is C10H8ClN3OS. The van der Waals surface area contributed by atoms with Crippen molar-refractivity contribution >= 4 is 33.8 Å². The molecule has 0 aliphatic carbocycles.